The minimum Gasteiger partial charge on any atom is -0.510 e. The maximum Gasteiger partial charge on any atom is 0.268 e. The molecule has 3 aromatic heterocycles. The normalized spacial score (nSPS) is 11.6. The number of fused-ring (bicyclic) bond motifs is 4. The standard InChI is InChI=1S/C67H52N4O.Pt/c1-45(2)58-42-65(68-43-60(58)49-31-34-51(35-32-49)67(3,4)5)71-61-38-33-50(46-19-9-6-10-20-46)39-59(61)57-37-36-54(41-64(57)71)72-53-26-17-25-52(40-53)69-44-70(63-30-16-15-29-62(63)69)66-55(47-21-11-7-12-22-47)27-18-28-56(66)48-23-13-8-14-24-48;/h6-39,42-43,45H,1-5H3;/q-2;. The minimum atomic E-state index is 0. The van der Waals surface area contributed by atoms with Gasteiger partial charge in [-0.15, -0.1) is 29.7 Å². The van der Waals surface area contributed by atoms with Crippen LogP contribution in [0.1, 0.15) is 51.7 Å². The van der Waals surface area contributed by atoms with Gasteiger partial charge >= 0.3 is 0 Å². The first-order valence-electron chi connectivity index (χ1n) is 24.7. The van der Waals surface area contributed by atoms with Crippen molar-refractivity contribution >= 4 is 32.8 Å². The molecule has 0 fully saturated rings. The van der Waals surface area contributed by atoms with Gasteiger partial charge in [0.15, 0.2) is 0 Å². The van der Waals surface area contributed by atoms with Gasteiger partial charge in [0.25, 0.3) is 6.33 Å². The van der Waals surface area contributed by atoms with E-state index in [1.165, 1.54) is 11.1 Å². The summed E-state index contributed by atoms with van der Waals surface area (Å²) < 4.78 is 13.3. The van der Waals surface area contributed by atoms with E-state index in [2.05, 4.69) is 261 Å². The Balaban J connectivity index is 0.00000574. The van der Waals surface area contributed by atoms with E-state index in [0.717, 1.165) is 94.5 Å². The van der Waals surface area contributed by atoms with E-state index in [0.29, 0.717) is 11.5 Å². The number of para-hydroxylation sites is 3. The van der Waals surface area contributed by atoms with Crippen molar-refractivity contribution in [2.45, 2.75) is 46.0 Å². The summed E-state index contributed by atoms with van der Waals surface area (Å²) in [7, 11) is 0. The Morgan fingerprint density at radius 1 is 0.521 bits per heavy atom. The van der Waals surface area contributed by atoms with Crippen LogP contribution in [-0.2, 0) is 26.5 Å². The molecular formula is C67H52N4OPt-2. The average Bonchev–Trinajstić information content (AvgIpc) is 3.96. The summed E-state index contributed by atoms with van der Waals surface area (Å²) in [6.07, 6.45) is 5.82. The van der Waals surface area contributed by atoms with Gasteiger partial charge < -0.3 is 13.9 Å². The molecule has 9 aromatic carbocycles. The average molecular weight is 1120 g/mol. The van der Waals surface area contributed by atoms with Crippen LogP contribution in [-0.4, -0.2) is 14.1 Å². The molecule has 0 unspecified atom stereocenters. The molecule has 0 amide bonds. The number of nitrogens with zero attached hydrogens (tertiary/aromatic N) is 4. The topological polar surface area (TPSA) is 35.9 Å². The SMILES string of the molecule is CC(C)c1cc(-n2c3[c-]c(Oc4[c-]c(-n5[c-][n+](-c6c(-c7ccccc7)cccc6-c6ccccc6)c6ccccc65)ccc4)ccc3c3cc(-c4ccccc4)ccc32)ncc1-c1ccc(C(C)(C)C)cc1.[Pt]. The van der Waals surface area contributed by atoms with Crippen LogP contribution in [0.25, 0.3) is 94.5 Å². The van der Waals surface area contributed by atoms with Crippen molar-refractivity contribution in [3.8, 4) is 73.2 Å². The predicted octanol–water partition coefficient (Wildman–Crippen LogP) is 16.7. The number of pyridine rings is 1. The molecule has 358 valence electrons. The third-order valence-electron chi connectivity index (χ3n) is 13.8. The molecule has 3 heterocycles. The first-order chi connectivity index (χ1) is 35.2. The van der Waals surface area contributed by atoms with E-state index in [-0.39, 0.29) is 32.4 Å². The second-order valence-electron chi connectivity index (χ2n) is 19.8. The van der Waals surface area contributed by atoms with Crippen molar-refractivity contribution in [2.24, 2.45) is 0 Å². The van der Waals surface area contributed by atoms with Crippen LogP contribution in [0.15, 0.2) is 219 Å². The quantitative estimate of drug-likeness (QED) is 0.101. The number of ether oxygens (including phenoxy) is 1. The third kappa shape index (κ3) is 8.89. The van der Waals surface area contributed by atoms with E-state index in [1.807, 2.05) is 24.4 Å². The summed E-state index contributed by atoms with van der Waals surface area (Å²) in [5.74, 6) is 2.21. The van der Waals surface area contributed by atoms with E-state index >= 15 is 0 Å². The maximum absolute atomic E-state index is 6.78. The van der Waals surface area contributed by atoms with Gasteiger partial charge in [-0.2, -0.15) is 18.2 Å². The summed E-state index contributed by atoms with van der Waals surface area (Å²) >= 11 is 0. The number of imidazole rings is 1. The summed E-state index contributed by atoms with van der Waals surface area (Å²) in [4.78, 5) is 5.23. The molecule has 12 rings (SSSR count). The second-order valence-corrected chi connectivity index (χ2v) is 19.8. The number of rotatable bonds is 10. The first-order valence-corrected chi connectivity index (χ1v) is 24.7. The summed E-state index contributed by atoms with van der Waals surface area (Å²) in [5, 5.41) is 2.18. The van der Waals surface area contributed by atoms with Crippen LogP contribution in [0.3, 0.4) is 0 Å². The van der Waals surface area contributed by atoms with Gasteiger partial charge in [-0.25, -0.2) is 4.98 Å². The number of aromatic nitrogens is 4. The van der Waals surface area contributed by atoms with Gasteiger partial charge in [0, 0.05) is 49.8 Å². The number of hydrogen-bond donors (Lipinski definition) is 0. The van der Waals surface area contributed by atoms with Crippen LogP contribution < -0.4 is 9.30 Å². The van der Waals surface area contributed by atoms with Crippen molar-refractivity contribution < 1.29 is 30.4 Å². The van der Waals surface area contributed by atoms with Crippen molar-refractivity contribution in [3.05, 3.63) is 248 Å². The Hall–Kier alpha value is -8.11. The molecule has 0 N–H and O–H groups in total. The van der Waals surface area contributed by atoms with Crippen molar-refractivity contribution in [1.29, 1.82) is 0 Å². The fourth-order valence-electron chi connectivity index (χ4n) is 10.1. The largest absolute Gasteiger partial charge is 0.510 e. The molecule has 0 saturated heterocycles. The Bertz CT molecular complexity index is 3890. The van der Waals surface area contributed by atoms with Gasteiger partial charge in [0.1, 0.15) is 5.82 Å². The van der Waals surface area contributed by atoms with E-state index in [4.69, 9.17) is 9.72 Å². The zero-order valence-electron chi connectivity index (χ0n) is 41.4. The van der Waals surface area contributed by atoms with Crippen LogP contribution in [0, 0.1) is 18.5 Å². The summed E-state index contributed by atoms with van der Waals surface area (Å²) in [6.45, 7) is 11.3. The number of benzene rings is 9. The fourth-order valence-corrected chi connectivity index (χ4v) is 10.1. The van der Waals surface area contributed by atoms with Crippen molar-refractivity contribution in [1.82, 2.24) is 14.1 Å². The molecule has 0 aliphatic carbocycles. The molecule has 0 aliphatic heterocycles. The van der Waals surface area contributed by atoms with Crippen LogP contribution >= 0.6 is 0 Å². The zero-order valence-corrected chi connectivity index (χ0v) is 43.6. The Morgan fingerprint density at radius 3 is 1.79 bits per heavy atom. The summed E-state index contributed by atoms with van der Waals surface area (Å²) in [5.41, 5.74) is 17.5. The van der Waals surface area contributed by atoms with Gasteiger partial charge in [-0.1, -0.05) is 210 Å². The first kappa shape index (κ1) is 47.2. The number of hydrogen-bond acceptors (Lipinski definition) is 2. The monoisotopic (exact) mass is 1120 g/mol. The molecule has 0 atom stereocenters. The molecule has 0 aliphatic rings. The zero-order chi connectivity index (χ0) is 48.9. The van der Waals surface area contributed by atoms with Crippen molar-refractivity contribution in [3.63, 3.8) is 0 Å². The van der Waals surface area contributed by atoms with Gasteiger partial charge in [-0.05, 0) is 84.6 Å². The molecular weight excluding hydrogens is 1070 g/mol. The molecule has 0 bridgehead atoms. The van der Waals surface area contributed by atoms with Crippen LogP contribution in [0.4, 0.5) is 0 Å². The van der Waals surface area contributed by atoms with E-state index < -0.39 is 0 Å². The smallest absolute Gasteiger partial charge is 0.268 e. The Morgan fingerprint density at radius 2 is 1.12 bits per heavy atom. The Labute approximate surface area is 441 Å². The van der Waals surface area contributed by atoms with Gasteiger partial charge in [0.05, 0.1) is 16.7 Å². The Kier molecular flexibility index (Phi) is 12.6. The molecule has 0 saturated carbocycles. The maximum atomic E-state index is 6.78. The van der Waals surface area contributed by atoms with Crippen LogP contribution in [0.5, 0.6) is 11.5 Å². The third-order valence-corrected chi connectivity index (χ3v) is 13.8. The molecule has 5 nitrogen and oxygen atoms in total. The minimum absolute atomic E-state index is 0. The fraction of sp³-hybridized carbons (Fsp3) is 0.104. The second kappa shape index (κ2) is 19.5. The van der Waals surface area contributed by atoms with E-state index in [9.17, 15) is 0 Å². The molecule has 0 radical (unpaired) electrons. The van der Waals surface area contributed by atoms with Gasteiger partial charge in [0.2, 0.25) is 0 Å². The molecule has 0 spiro atoms. The van der Waals surface area contributed by atoms with Crippen molar-refractivity contribution in [2.75, 3.05) is 0 Å². The molecule has 12 aromatic rings. The molecule has 73 heavy (non-hydrogen) atoms. The molecule has 6 heteroatoms. The summed E-state index contributed by atoms with van der Waals surface area (Å²) in [6, 6.07) is 82.1. The predicted molar refractivity (Wildman–Crippen MR) is 294 cm³/mol. The van der Waals surface area contributed by atoms with Gasteiger partial charge in [-0.3, -0.25) is 4.57 Å². The van der Waals surface area contributed by atoms with E-state index in [1.54, 1.807) is 0 Å². The van der Waals surface area contributed by atoms with Crippen LogP contribution in [0.2, 0.25) is 0 Å².